The van der Waals surface area contributed by atoms with Crippen LogP contribution in [0.5, 0.6) is 5.75 Å². The van der Waals surface area contributed by atoms with E-state index in [9.17, 15) is 0 Å². The fourth-order valence-corrected chi connectivity index (χ4v) is 2.50. The summed E-state index contributed by atoms with van der Waals surface area (Å²) in [5.41, 5.74) is 1.28. The molecular weight excluding hydrogens is 290 g/mol. The average molecular weight is 319 g/mol. The van der Waals surface area contributed by atoms with Crippen molar-refractivity contribution in [1.82, 2.24) is 10.6 Å². The van der Waals surface area contributed by atoms with Crippen LogP contribution >= 0.6 is 0 Å². The molecule has 1 aliphatic rings. The second-order valence-corrected chi connectivity index (χ2v) is 6.25. The van der Waals surface area contributed by atoms with Crippen molar-refractivity contribution >= 4 is 5.96 Å². The maximum Gasteiger partial charge on any atom is 0.191 e. The molecule has 0 aliphatic carbocycles. The quantitative estimate of drug-likeness (QED) is 0.438. The van der Waals surface area contributed by atoms with Crippen molar-refractivity contribution in [2.45, 2.75) is 32.8 Å². The minimum absolute atomic E-state index is 0.167. The lowest BCUT2D eigenvalue weighted by Crippen LogP contribution is -2.42. The Balaban J connectivity index is 1.59. The van der Waals surface area contributed by atoms with E-state index in [0.717, 1.165) is 50.9 Å². The summed E-state index contributed by atoms with van der Waals surface area (Å²) in [4.78, 5) is 4.24. The Morgan fingerprint density at radius 3 is 2.91 bits per heavy atom. The lowest BCUT2D eigenvalue weighted by molar-refractivity contribution is 0.108. The van der Waals surface area contributed by atoms with E-state index in [0.29, 0.717) is 5.92 Å². The smallest absolute Gasteiger partial charge is 0.191 e. The molecule has 2 N–H and O–H groups in total. The van der Waals surface area contributed by atoms with E-state index in [4.69, 9.17) is 9.47 Å². The van der Waals surface area contributed by atoms with Gasteiger partial charge >= 0.3 is 0 Å². The van der Waals surface area contributed by atoms with E-state index in [1.807, 2.05) is 12.1 Å². The zero-order valence-electron chi connectivity index (χ0n) is 14.5. The van der Waals surface area contributed by atoms with Gasteiger partial charge in [0.25, 0.3) is 0 Å². The van der Waals surface area contributed by atoms with Gasteiger partial charge in [0.1, 0.15) is 11.9 Å². The average Bonchev–Trinajstić information content (AvgIpc) is 2.96. The number of fused-ring (bicyclic) bond motifs is 1. The van der Waals surface area contributed by atoms with Crippen molar-refractivity contribution in [2.24, 2.45) is 10.9 Å². The highest BCUT2D eigenvalue weighted by Gasteiger charge is 2.22. The predicted octanol–water partition coefficient (Wildman–Crippen LogP) is 2.22. The number of rotatable bonds is 8. The number of hydrogen-bond donors (Lipinski definition) is 2. The van der Waals surface area contributed by atoms with Crippen LogP contribution in [0.2, 0.25) is 0 Å². The summed E-state index contributed by atoms with van der Waals surface area (Å²) in [6.45, 7) is 7.53. The second kappa shape index (κ2) is 9.40. The van der Waals surface area contributed by atoms with Crippen molar-refractivity contribution in [3.8, 4) is 5.75 Å². The minimum atomic E-state index is 0.167. The summed E-state index contributed by atoms with van der Waals surface area (Å²) in [6.07, 6.45) is 2.09. The van der Waals surface area contributed by atoms with E-state index in [-0.39, 0.29) is 6.10 Å². The van der Waals surface area contributed by atoms with Crippen molar-refractivity contribution in [2.75, 3.05) is 33.4 Å². The number of ether oxygens (including phenoxy) is 2. The molecule has 0 saturated heterocycles. The van der Waals surface area contributed by atoms with E-state index >= 15 is 0 Å². The van der Waals surface area contributed by atoms with Crippen LogP contribution < -0.4 is 15.4 Å². The van der Waals surface area contributed by atoms with Crippen molar-refractivity contribution in [3.63, 3.8) is 0 Å². The normalized spacial score (nSPS) is 17.0. The number of nitrogens with zero attached hydrogens (tertiary/aromatic N) is 1. The van der Waals surface area contributed by atoms with Gasteiger partial charge in [-0.2, -0.15) is 0 Å². The molecule has 2 rings (SSSR count). The summed E-state index contributed by atoms with van der Waals surface area (Å²) in [7, 11) is 1.79. The first kappa shape index (κ1) is 17.6. The van der Waals surface area contributed by atoms with Crippen LogP contribution in [0.25, 0.3) is 0 Å². The third-order valence-electron chi connectivity index (χ3n) is 3.64. The standard InChI is InChI=1S/C18H29N3O2/c1-14(2)13-22-10-6-9-20-18(19-3)21-12-16-11-15-7-4-5-8-17(15)23-16/h4-5,7-8,14,16H,6,9-13H2,1-3H3,(H2,19,20,21). The lowest BCUT2D eigenvalue weighted by atomic mass is 10.1. The summed E-state index contributed by atoms with van der Waals surface area (Å²) >= 11 is 0. The van der Waals surface area contributed by atoms with Crippen LogP contribution in [0.15, 0.2) is 29.3 Å². The number of benzene rings is 1. The topological polar surface area (TPSA) is 54.9 Å². The molecule has 0 fully saturated rings. The Bertz CT molecular complexity index is 478. The molecular formula is C18H29N3O2. The molecule has 1 aromatic carbocycles. The molecule has 0 aromatic heterocycles. The molecule has 128 valence electrons. The molecule has 0 bridgehead atoms. The van der Waals surface area contributed by atoms with Gasteiger partial charge in [0.05, 0.1) is 6.54 Å². The number of hydrogen-bond acceptors (Lipinski definition) is 3. The van der Waals surface area contributed by atoms with Gasteiger partial charge in [-0.15, -0.1) is 0 Å². The molecule has 0 saturated carbocycles. The van der Waals surface area contributed by atoms with Crippen LogP contribution in [0.4, 0.5) is 0 Å². The Morgan fingerprint density at radius 1 is 1.35 bits per heavy atom. The maximum absolute atomic E-state index is 5.92. The molecule has 1 heterocycles. The molecule has 0 amide bonds. The van der Waals surface area contributed by atoms with Gasteiger partial charge in [-0.05, 0) is 24.0 Å². The van der Waals surface area contributed by atoms with Crippen LogP contribution in [0.1, 0.15) is 25.8 Å². The Kier molecular flexibility index (Phi) is 7.20. The van der Waals surface area contributed by atoms with Crippen LogP contribution in [-0.4, -0.2) is 45.4 Å². The molecule has 1 atom stereocenters. The fourth-order valence-electron chi connectivity index (χ4n) is 2.50. The van der Waals surface area contributed by atoms with E-state index in [1.165, 1.54) is 5.56 Å². The maximum atomic E-state index is 5.92. The van der Waals surface area contributed by atoms with Gasteiger partial charge in [-0.3, -0.25) is 4.99 Å². The summed E-state index contributed by atoms with van der Waals surface area (Å²) in [6, 6.07) is 8.22. The Labute approximate surface area is 139 Å². The van der Waals surface area contributed by atoms with Crippen molar-refractivity contribution in [3.05, 3.63) is 29.8 Å². The highest BCUT2D eigenvalue weighted by Crippen LogP contribution is 2.27. The summed E-state index contributed by atoms with van der Waals surface area (Å²) in [5.74, 6) is 2.41. The monoisotopic (exact) mass is 319 g/mol. The molecule has 1 aliphatic heterocycles. The van der Waals surface area contributed by atoms with Gasteiger partial charge in [-0.25, -0.2) is 0 Å². The van der Waals surface area contributed by atoms with Crippen LogP contribution in [-0.2, 0) is 11.2 Å². The van der Waals surface area contributed by atoms with E-state index in [1.54, 1.807) is 7.05 Å². The molecule has 23 heavy (non-hydrogen) atoms. The molecule has 5 nitrogen and oxygen atoms in total. The van der Waals surface area contributed by atoms with Crippen molar-refractivity contribution in [1.29, 1.82) is 0 Å². The van der Waals surface area contributed by atoms with Gasteiger partial charge in [0.15, 0.2) is 5.96 Å². The third kappa shape index (κ3) is 6.10. The van der Waals surface area contributed by atoms with Gasteiger partial charge in [-0.1, -0.05) is 32.0 Å². The third-order valence-corrected chi connectivity index (χ3v) is 3.64. The van der Waals surface area contributed by atoms with E-state index in [2.05, 4.69) is 41.6 Å². The minimum Gasteiger partial charge on any atom is -0.488 e. The largest absolute Gasteiger partial charge is 0.488 e. The lowest BCUT2D eigenvalue weighted by Gasteiger charge is -2.15. The zero-order chi connectivity index (χ0) is 16.5. The Hall–Kier alpha value is -1.75. The first-order valence-electron chi connectivity index (χ1n) is 8.46. The van der Waals surface area contributed by atoms with Gasteiger partial charge in [0.2, 0.25) is 0 Å². The first-order chi connectivity index (χ1) is 11.2. The first-order valence-corrected chi connectivity index (χ1v) is 8.46. The molecule has 0 radical (unpaired) electrons. The number of guanidine groups is 1. The fraction of sp³-hybridized carbons (Fsp3) is 0.611. The highest BCUT2D eigenvalue weighted by atomic mass is 16.5. The van der Waals surface area contributed by atoms with Gasteiger partial charge in [0, 0.05) is 33.2 Å². The molecule has 0 spiro atoms. The predicted molar refractivity (Wildman–Crippen MR) is 94.2 cm³/mol. The van der Waals surface area contributed by atoms with Crippen molar-refractivity contribution < 1.29 is 9.47 Å². The highest BCUT2D eigenvalue weighted by molar-refractivity contribution is 5.79. The molecule has 1 unspecified atom stereocenters. The van der Waals surface area contributed by atoms with Crippen LogP contribution in [0, 0.1) is 5.92 Å². The van der Waals surface area contributed by atoms with Gasteiger partial charge < -0.3 is 20.1 Å². The molecule has 5 heteroatoms. The van der Waals surface area contributed by atoms with Crippen LogP contribution in [0.3, 0.4) is 0 Å². The Morgan fingerprint density at radius 2 is 2.17 bits per heavy atom. The summed E-state index contributed by atoms with van der Waals surface area (Å²) in [5, 5.41) is 6.63. The number of nitrogens with one attached hydrogen (secondary N) is 2. The summed E-state index contributed by atoms with van der Waals surface area (Å²) < 4.78 is 11.5. The number of para-hydroxylation sites is 1. The molecule has 1 aromatic rings. The second-order valence-electron chi connectivity index (χ2n) is 6.25. The number of aliphatic imine (C=N–C) groups is 1. The zero-order valence-corrected chi connectivity index (χ0v) is 14.5. The van der Waals surface area contributed by atoms with E-state index < -0.39 is 0 Å². The SMILES string of the molecule is CN=C(NCCCOCC(C)C)NCC1Cc2ccccc2O1.